The normalized spacial score (nSPS) is 10.6. The molecule has 1 amide bonds. The summed E-state index contributed by atoms with van der Waals surface area (Å²) in [6.07, 6.45) is 0. The summed E-state index contributed by atoms with van der Waals surface area (Å²) in [4.78, 5) is 11.9. The number of rotatable bonds is 10. The number of methoxy groups -OCH3 is 1. The van der Waals surface area contributed by atoms with Crippen LogP contribution < -0.4 is 25.8 Å². The summed E-state index contributed by atoms with van der Waals surface area (Å²) in [6.45, 7) is 1.96. The lowest BCUT2D eigenvalue weighted by atomic mass is 10.2. The Hall–Kier alpha value is -3.11. The second-order valence-corrected chi connectivity index (χ2v) is 7.17. The number of aromatic nitrogens is 2. The largest absolute Gasteiger partial charge is 0.493 e. The topological polar surface area (TPSA) is 125 Å². The van der Waals surface area contributed by atoms with E-state index in [1.807, 2.05) is 42.5 Å². The zero-order valence-corrected chi connectivity index (χ0v) is 17.9. The Kier molecular flexibility index (Phi) is 7.63. The van der Waals surface area contributed by atoms with Gasteiger partial charge in [0, 0.05) is 19.6 Å². The van der Waals surface area contributed by atoms with Gasteiger partial charge in [0.05, 0.1) is 11.6 Å². The van der Waals surface area contributed by atoms with Crippen LogP contribution in [0.2, 0.25) is 0 Å². The first-order valence-electron chi connectivity index (χ1n) is 9.18. The summed E-state index contributed by atoms with van der Waals surface area (Å²) in [5.41, 5.74) is 7.54. The van der Waals surface area contributed by atoms with E-state index >= 15 is 0 Å². The van der Waals surface area contributed by atoms with Crippen molar-refractivity contribution in [2.75, 3.05) is 25.9 Å². The summed E-state index contributed by atoms with van der Waals surface area (Å²) in [7, 11) is 1.61. The van der Waals surface area contributed by atoms with E-state index in [2.05, 4.69) is 41.5 Å². The first-order valence-corrected chi connectivity index (χ1v) is 9.98. The molecule has 0 unspecified atom stereocenters. The van der Waals surface area contributed by atoms with Crippen LogP contribution in [0.3, 0.4) is 0 Å². The van der Waals surface area contributed by atoms with Crippen molar-refractivity contribution in [2.45, 2.75) is 13.2 Å². The number of ether oxygens (including phenoxy) is 2. The van der Waals surface area contributed by atoms with Gasteiger partial charge in [0.15, 0.2) is 11.5 Å². The molecule has 0 bridgehead atoms. The zero-order chi connectivity index (χ0) is 21.3. The SMILES string of the molecule is COc1cc(CNCCNC(=O)c2nonc2N)cc(Br)c1OCc1ccccc1. The van der Waals surface area contributed by atoms with E-state index < -0.39 is 5.91 Å². The molecule has 3 rings (SSSR count). The van der Waals surface area contributed by atoms with Crippen LogP contribution in [0.25, 0.3) is 0 Å². The second kappa shape index (κ2) is 10.6. The van der Waals surface area contributed by atoms with Crippen LogP contribution in [0.1, 0.15) is 21.6 Å². The highest BCUT2D eigenvalue weighted by atomic mass is 79.9. The van der Waals surface area contributed by atoms with Crippen LogP contribution in [-0.4, -0.2) is 36.4 Å². The Morgan fingerprint density at radius 3 is 2.67 bits per heavy atom. The van der Waals surface area contributed by atoms with Gasteiger partial charge in [-0.3, -0.25) is 4.79 Å². The maximum atomic E-state index is 11.9. The van der Waals surface area contributed by atoms with Crippen molar-refractivity contribution >= 4 is 27.7 Å². The molecule has 30 heavy (non-hydrogen) atoms. The summed E-state index contributed by atoms with van der Waals surface area (Å²) in [6, 6.07) is 13.8. The average Bonchev–Trinajstić information content (AvgIpc) is 3.19. The molecule has 0 aliphatic heterocycles. The van der Waals surface area contributed by atoms with Gasteiger partial charge in [0.1, 0.15) is 6.61 Å². The molecule has 0 saturated heterocycles. The molecule has 0 atom stereocenters. The summed E-state index contributed by atoms with van der Waals surface area (Å²) < 4.78 is 16.7. The maximum absolute atomic E-state index is 11.9. The number of nitrogen functional groups attached to an aromatic ring is 1. The highest BCUT2D eigenvalue weighted by Gasteiger charge is 2.15. The number of nitrogens with two attached hydrogens (primary N) is 1. The Labute approximate surface area is 182 Å². The lowest BCUT2D eigenvalue weighted by Crippen LogP contribution is -2.32. The molecule has 0 radical (unpaired) electrons. The van der Waals surface area contributed by atoms with E-state index in [-0.39, 0.29) is 11.5 Å². The van der Waals surface area contributed by atoms with Crippen LogP contribution in [0.15, 0.2) is 51.6 Å². The number of carbonyl (C=O) groups is 1. The average molecular weight is 476 g/mol. The van der Waals surface area contributed by atoms with Crippen LogP contribution >= 0.6 is 15.9 Å². The van der Waals surface area contributed by atoms with Gasteiger partial charge in [-0.2, -0.15) is 0 Å². The standard InChI is InChI=1S/C20H22BrN5O4/c1-28-16-10-14(9-15(21)18(16)29-12-13-5-3-2-4-6-13)11-23-7-8-24-20(27)17-19(22)26-30-25-17/h2-6,9-10,23H,7-8,11-12H2,1H3,(H2,22,26)(H,24,27). The number of nitrogens with one attached hydrogen (secondary N) is 2. The molecule has 0 spiro atoms. The molecule has 10 heteroatoms. The smallest absolute Gasteiger partial charge is 0.277 e. The maximum Gasteiger partial charge on any atom is 0.277 e. The highest BCUT2D eigenvalue weighted by molar-refractivity contribution is 9.10. The van der Waals surface area contributed by atoms with Crippen molar-refractivity contribution < 1.29 is 18.9 Å². The van der Waals surface area contributed by atoms with Crippen molar-refractivity contribution in [3.63, 3.8) is 0 Å². The van der Waals surface area contributed by atoms with Gasteiger partial charge in [-0.1, -0.05) is 30.3 Å². The van der Waals surface area contributed by atoms with E-state index in [1.54, 1.807) is 7.11 Å². The number of anilines is 1. The van der Waals surface area contributed by atoms with Gasteiger partial charge in [-0.15, -0.1) is 0 Å². The van der Waals surface area contributed by atoms with Crippen molar-refractivity contribution in [3.05, 3.63) is 63.8 Å². The van der Waals surface area contributed by atoms with Gasteiger partial charge < -0.3 is 25.8 Å². The third kappa shape index (κ3) is 5.71. The number of hydrogen-bond acceptors (Lipinski definition) is 8. The monoisotopic (exact) mass is 475 g/mol. The Bertz CT molecular complexity index is 981. The van der Waals surface area contributed by atoms with E-state index in [0.717, 1.165) is 15.6 Å². The van der Waals surface area contributed by atoms with Gasteiger partial charge in [0.2, 0.25) is 11.5 Å². The molecule has 0 fully saturated rings. The number of carbonyl (C=O) groups excluding carboxylic acids is 1. The number of amides is 1. The number of halogens is 1. The summed E-state index contributed by atoms with van der Waals surface area (Å²) in [5, 5.41) is 12.8. The Morgan fingerprint density at radius 2 is 1.97 bits per heavy atom. The van der Waals surface area contributed by atoms with Gasteiger partial charge in [-0.25, -0.2) is 4.63 Å². The van der Waals surface area contributed by atoms with E-state index in [0.29, 0.717) is 37.7 Å². The molecule has 1 aromatic heterocycles. The lowest BCUT2D eigenvalue weighted by molar-refractivity contribution is 0.0944. The molecule has 2 aromatic carbocycles. The Morgan fingerprint density at radius 1 is 1.17 bits per heavy atom. The summed E-state index contributed by atoms with van der Waals surface area (Å²) >= 11 is 3.56. The minimum Gasteiger partial charge on any atom is -0.493 e. The molecule has 1 heterocycles. The minimum atomic E-state index is -0.431. The van der Waals surface area contributed by atoms with Crippen LogP contribution in [-0.2, 0) is 13.2 Å². The van der Waals surface area contributed by atoms with Crippen LogP contribution in [0.5, 0.6) is 11.5 Å². The number of benzene rings is 2. The first-order chi connectivity index (χ1) is 14.6. The molecule has 3 aromatic rings. The van der Waals surface area contributed by atoms with E-state index in [4.69, 9.17) is 15.2 Å². The first kappa shape index (κ1) is 21.6. The quantitative estimate of drug-likeness (QED) is 0.382. The third-order valence-corrected chi connectivity index (χ3v) is 4.75. The molecule has 9 nitrogen and oxygen atoms in total. The fourth-order valence-electron chi connectivity index (χ4n) is 2.68. The molecular weight excluding hydrogens is 454 g/mol. The van der Waals surface area contributed by atoms with E-state index in [1.165, 1.54) is 0 Å². The van der Waals surface area contributed by atoms with Gasteiger partial charge in [0.25, 0.3) is 5.91 Å². The molecule has 0 aliphatic rings. The molecule has 4 N–H and O–H groups in total. The van der Waals surface area contributed by atoms with Crippen molar-refractivity contribution in [2.24, 2.45) is 0 Å². The highest BCUT2D eigenvalue weighted by Crippen LogP contribution is 2.37. The fourth-order valence-corrected chi connectivity index (χ4v) is 3.28. The van der Waals surface area contributed by atoms with Crippen LogP contribution in [0.4, 0.5) is 5.82 Å². The van der Waals surface area contributed by atoms with Gasteiger partial charge in [-0.05, 0) is 49.5 Å². The van der Waals surface area contributed by atoms with Crippen LogP contribution in [0, 0.1) is 0 Å². The van der Waals surface area contributed by atoms with Crippen molar-refractivity contribution in [1.29, 1.82) is 0 Å². The zero-order valence-electron chi connectivity index (χ0n) is 16.4. The van der Waals surface area contributed by atoms with E-state index in [9.17, 15) is 4.79 Å². The molecular formula is C20H22BrN5O4. The number of nitrogens with zero attached hydrogens (tertiary/aromatic N) is 2. The minimum absolute atomic E-state index is 0.0187. The predicted octanol–water partition coefficient (Wildman–Crippen LogP) is 2.52. The summed E-state index contributed by atoms with van der Waals surface area (Å²) in [5.74, 6) is 0.822. The lowest BCUT2D eigenvalue weighted by Gasteiger charge is -2.15. The fraction of sp³-hybridized carbons (Fsp3) is 0.250. The second-order valence-electron chi connectivity index (χ2n) is 6.31. The molecule has 0 saturated carbocycles. The number of hydrogen-bond donors (Lipinski definition) is 3. The van der Waals surface area contributed by atoms with Gasteiger partial charge >= 0.3 is 0 Å². The molecule has 0 aliphatic carbocycles. The Balaban J connectivity index is 1.49. The van der Waals surface area contributed by atoms with Crippen molar-refractivity contribution in [1.82, 2.24) is 20.9 Å². The third-order valence-electron chi connectivity index (χ3n) is 4.16. The predicted molar refractivity (Wildman–Crippen MR) is 114 cm³/mol. The van der Waals surface area contributed by atoms with Crippen molar-refractivity contribution in [3.8, 4) is 11.5 Å². The molecule has 158 valence electrons.